The molecule has 0 spiro atoms. The second-order valence-electron chi connectivity index (χ2n) is 7.40. The zero-order chi connectivity index (χ0) is 23.8. The molecule has 7 nitrogen and oxygen atoms in total. The fraction of sp³-hybridized carbons (Fsp3) is 0.240. The van der Waals surface area contributed by atoms with Crippen molar-refractivity contribution in [3.05, 3.63) is 83.9 Å². The summed E-state index contributed by atoms with van der Waals surface area (Å²) in [5, 5.41) is 2.75. The van der Waals surface area contributed by atoms with Crippen LogP contribution in [-0.2, 0) is 21.4 Å². The summed E-state index contributed by atoms with van der Waals surface area (Å²) in [7, 11) is -2.40. The van der Waals surface area contributed by atoms with Gasteiger partial charge in [0, 0.05) is 12.2 Å². The number of hydrogen-bond acceptors (Lipinski definition) is 5. The lowest BCUT2D eigenvalue weighted by molar-refractivity contribution is -0.116. The quantitative estimate of drug-likeness (QED) is 0.481. The number of anilines is 1. The van der Waals surface area contributed by atoms with Crippen LogP contribution in [0, 0.1) is 6.92 Å². The van der Waals surface area contributed by atoms with Crippen LogP contribution in [0.25, 0.3) is 0 Å². The van der Waals surface area contributed by atoms with Crippen LogP contribution >= 0.6 is 0 Å². The maximum Gasteiger partial charge on any atom is 0.243 e. The average molecular weight is 469 g/mol. The molecule has 174 valence electrons. The van der Waals surface area contributed by atoms with Crippen LogP contribution in [0.3, 0.4) is 0 Å². The molecule has 0 aliphatic heterocycles. The number of ether oxygens (including phenoxy) is 2. The van der Waals surface area contributed by atoms with Gasteiger partial charge in [0.2, 0.25) is 15.9 Å². The Morgan fingerprint density at radius 3 is 2.30 bits per heavy atom. The van der Waals surface area contributed by atoms with Gasteiger partial charge in [0.25, 0.3) is 0 Å². The molecular weight excluding hydrogens is 440 g/mol. The molecule has 3 rings (SSSR count). The summed E-state index contributed by atoms with van der Waals surface area (Å²) < 4.78 is 38.9. The van der Waals surface area contributed by atoms with Crippen molar-refractivity contribution >= 4 is 21.6 Å². The number of methoxy groups -OCH3 is 1. The van der Waals surface area contributed by atoms with E-state index in [0.717, 1.165) is 5.56 Å². The van der Waals surface area contributed by atoms with Crippen molar-refractivity contribution < 1.29 is 22.7 Å². The highest BCUT2D eigenvalue weighted by Crippen LogP contribution is 2.25. The maximum absolute atomic E-state index is 13.5. The fourth-order valence-electron chi connectivity index (χ4n) is 3.30. The molecule has 8 heteroatoms. The van der Waals surface area contributed by atoms with Crippen LogP contribution in [0.1, 0.15) is 18.1 Å². The first-order chi connectivity index (χ1) is 15.8. The third kappa shape index (κ3) is 6.34. The summed E-state index contributed by atoms with van der Waals surface area (Å²) in [4.78, 5) is 12.9. The molecule has 1 N–H and O–H groups in total. The van der Waals surface area contributed by atoms with Crippen LogP contribution in [0.15, 0.2) is 77.7 Å². The van der Waals surface area contributed by atoms with Crippen molar-refractivity contribution in [1.29, 1.82) is 0 Å². The number of rotatable bonds is 10. The zero-order valence-electron chi connectivity index (χ0n) is 18.9. The van der Waals surface area contributed by atoms with E-state index >= 15 is 0 Å². The number of nitrogens with one attached hydrogen (secondary N) is 1. The van der Waals surface area contributed by atoms with Gasteiger partial charge in [-0.05, 0) is 67.4 Å². The lowest BCUT2D eigenvalue weighted by Crippen LogP contribution is -2.37. The maximum atomic E-state index is 13.5. The van der Waals surface area contributed by atoms with Crippen molar-refractivity contribution in [3.8, 4) is 11.5 Å². The van der Waals surface area contributed by atoms with Crippen molar-refractivity contribution in [2.45, 2.75) is 25.3 Å². The van der Waals surface area contributed by atoms with Gasteiger partial charge >= 0.3 is 0 Å². The number of carbonyl (C=O) groups is 1. The van der Waals surface area contributed by atoms with E-state index in [1.54, 1.807) is 50.4 Å². The molecule has 0 aliphatic rings. The van der Waals surface area contributed by atoms with Gasteiger partial charge in [-0.1, -0.05) is 30.3 Å². The third-order valence-corrected chi connectivity index (χ3v) is 6.77. The Kier molecular flexibility index (Phi) is 8.08. The van der Waals surface area contributed by atoms with Crippen molar-refractivity contribution in [1.82, 2.24) is 4.31 Å². The molecule has 3 aromatic rings. The minimum atomic E-state index is -3.95. The van der Waals surface area contributed by atoms with Gasteiger partial charge in [0.15, 0.2) is 0 Å². The zero-order valence-corrected chi connectivity index (χ0v) is 19.8. The Morgan fingerprint density at radius 1 is 1.00 bits per heavy atom. The molecule has 33 heavy (non-hydrogen) atoms. The predicted molar refractivity (Wildman–Crippen MR) is 128 cm³/mol. The summed E-state index contributed by atoms with van der Waals surface area (Å²) in [6, 6.07) is 20.7. The number of sulfonamides is 1. The van der Waals surface area contributed by atoms with Gasteiger partial charge < -0.3 is 14.8 Å². The number of nitrogens with zero attached hydrogens (tertiary/aromatic N) is 1. The topological polar surface area (TPSA) is 84.9 Å². The molecule has 0 atom stereocenters. The van der Waals surface area contributed by atoms with E-state index in [4.69, 9.17) is 9.47 Å². The Bertz CT molecular complexity index is 1180. The highest BCUT2D eigenvalue weighted by Gasteiger charge is 2.27. The molecule has 0 heterocycles. The molecule has 0 bridgehead atoms. The highest BCUT2D eigenvalue weighted by molar-refractivity contribution is 7.89. The lowest BCUT2D eigenvalue weighted by Gasteiger charge is -2.22. The third-order valence-electron chi connectivity index (χ3n) is 4.98. The lowest BCUT2D eigenvalue weighted by atomic mass is 10.2. The number of aryl methyl sites for hydroxylation is 1. The first kappa shape index (κ1) is 24.3. The standard InChI is InChI=1S/C25H28N2O5S/c1-4-32-24-15-14-23(16-19(24)2)33(29,30)27(17-20-8-6-5-7-9-20)18-25(28)26-21-10-12-22(31-3)13-11-21/h5-16H,4,17-18H2,1-3H3,(H,26,28). The summed E-state index contributed by atoms with van der Waals surface area (Å²) >= 11 is 0. The van der Waals surface area contributed by atoms with E-state index in [0.29, 0.717) is 29.4 Å². The number of carbonyl (C=O) groups excluding carboxylic acids is 1. The predicted octanol–water partition coefficient (Wildman–Crippen LogP) is 4.23. The van der Waals surface area contributed by atoms with Crippen molar-refractivity contribution in [2.75, 3.05) is 25.6 Å². The number of amides is 1. The van der Waals surface area contributed by atoms with Crippen LogP contribution < -0.4 is 14.8 Å². The summed E-state index contributed by atoms with van der Waals surface area (Å²) in [5.74, 6) is 0.845. The Hall–Kier alpha value is -3.36. The monoisotopic (exact) mass is 468 g/mol. The van der Waals surface area contributed by atoms with E-state index in [1.165, 1.54) is 10.4 Å². The molecule has 0 fully saturated rings. The average Bonchev–Trinajstić information content (AvgIpc) is 2.81. The Balaban J connectivity index is 1.86. The minimum Gasteiger partial charge on any atom is -0.497 e. The first-order valence-electron chi connectivity index (χ1n) is 10.5. The summed E-state index contributed by atoms with van der Waals surface area (Å²) in [5.41, 5.74) is 2.04. The van der Waals surface area contributed by atoms with E-state index in [2.05, 4.69) is 5.32 Å². The first-order valence-corrected chi connectivity index (χ1v) is 12.0. The van der Waals surface area contributed by atoms with Gasteiger partial charge in [-0.25, -0.2) is 8.42 Å². The molecule has 0 radical (unpaired) electrons. The normalized spacial score (nSPS) is 11.3. The van der Waals surface area contributed by atoms with Crippen molar-refractivity contribution in [2.24, 2.45) is 0 Å². The van der Waals surface area contributed by atoms with E-state index < -0.39 is 15.9 Å². The van der Waals surface area contributed by atoms with Crippen LogP contribution in [0.2, 0.25) is 0 Å². The molecule has 0 unspecified atom stereocenters. The van der Waals surface area contributed by atoms with E-state index in [-0.39, 0.29) is 18.0 Å². The van der Waals surface area contributed by atoms with Gasteiger partial charge in [-0.2, -0.15) is 4.31 Å². The summed E-state index contributed by atoms with van der Waals surface area (Å²) in [6.45, 7) is 3.87. The van der Waals surface area contributed by atoms with Crippen LogP contribution in [0.4, 0.5) is 5.69 Å². The highest BCUT2D eigenvalue weighted by atomic mass is 32.2. The molecular formula is C25H28N2O5S. The van der Waals surface area contributed by atoms with Crippen LogP contribution in [0.5, 0.6) is 11.5 Å². The van der Waals surface area contributed by atoms with E-state index in [1.807, 2.05) is 37.3 Å². The van der Waals surface area contributed by atoms with Crippen LogP contribution in [-0.4, -0.2) is 38.9 Å². The molecule has 0 aromatic heterocycles. The number of hydrogen-bond donors (Lipinski definition) is 1. The smallest absolute Gasteiger partial charge is 0.243 e. The number of benzene rings is 3. The molecule has 3 aromatic carbocycles. The van der Waals surface area contributed by atoms with Crippen molar-refractivity contribution in [3.63, 3.8) is 0 Å². The second-order valence-corrected chi connectivity index (χ2v) is 9.33. The molecule has 0 aliphatic carbocycles. The largest absolute Gasteiger partial charge is 0.497 e. The van der Waals surface area contributed by atoms with Gasteiger partial charge in [-0.15, -0.1) is 0 Å². The Morgan fingerprint density at radius 2 is 1.70 bits per heavy atom. The fourth-order valence-corrected chi connectivity index (χ4v) is 4.77. The summed E-state index contributed by atoms with van der Waals surface area (Å²) in [6.07, 6.45) is 0. The van der Waals surface area contributed by atoms with Gasteiger partial charge in [-0.3, -0.25) is 4.79 Å². The van der Waals surface area contributed by atoms with Gasteiger partial charge in [0.05, 0.1) is 25.2 Å². The molecule has 1 amide bonds. The second kappa shape index (κ2) is 11.0. The van der Waals surface area contributed by atoms with E-state index in [9.17, 15) is 13.2 Å². The SMILES string of the molecule is CCOc1ccc(S(=O)(=O)N(CC(=O)Nc2ccc(OC)cc2)Cc2ccccc2)cc1C. The van der Waals surface area contributed by atoms with Gasteiger partial charge in [0.1, 0.15) is 11.5 Å². The molecule has 0 saturated heterocycles. The Labute approximate surface area is 195 Å². The minimum absolute atomic E-state index is 0.0610. The molecule has 0 saturated carbocycles.